The number of benzene rings is 1. The van der Waals surface area contributed by atoms with E-state index in [4.69, 9.17) is 0 Å². The molecule has 150 valence electrons. The minimum Gasteiger partial charge on any atom is -0.353 e. The Balaban J connectivity index is 1.36. The second kappa shape index (κ2) is 8.30. The Labute approximate surface area is 168 Å². The van der Waals surface area contributed by atoms with Crippen LogP contribution in [0.15, 0.2) is 48.8 Å². The van der Waals surface area contributed by atoms with Gasteiger partial charge in [0.05, 0.1) is 5.69 Å². The Kier molecular flexibility index (Phi) is 5.41. The number of carbonyl (C=O) groups excluding carboxylic acids is 1. The first-order valence-corrected chi connectivity index (χ1v) is 9.63. The molecule has 8 heteroatoms. The number of hydrogen-bond donors (Lipinski definition) is 3. The SMILES string of the molecule is Cc1ccc(NC(=O)N[C@@H]2CCCN(c3cc(-c4ccncc4)[nH]n3)C2)cc1F. The topological polar surface area (TPSA) is 85.9 Å². The standard InChI is InChI=1S/C21H23FN6O/c1-14-4-5-16(11-18(14)22)24-21(29)25-17-3-2-10-28(13-17)20-12-19(26-27-20)15-6-8-23-9-7-15/h4-9,11-12,17H,2-3,10,13H2,1H3,(H,26,27)(H2,24,25,29)/t17-/m1/s1. The van der Waals surface area contributed by atoms with Gasteiger partial charge in [-0.1, -0.05) is 6.07 Å². The molecule has 7 nitrogen and oxygen atoms in total. The minimum atomic E-state index is -0.338. The van der Waals surface area contributed by atoms with Crippen molar-refractivity contribution in [3.8, 4) is 11.3 Å². The third kappa shape index (κ3) is 4.53. The van der Waals surface area contributed by atoms with Crippen LogP contribution in [0.25, 0.3) is 11.3 Å². The Morgan fingerprint density at radius 3 is 2.86 bits per heavy atom. The van der Waals surface area contributed by atoms with Crippen molar-refractivity contribution in [2.24, 2.45) is 0 Å². The average Bonchev–Trinajstić information content (AvgIpc) is 3.22. The van der Waals surface area contributed by atoms with Gasteiger partial charge in [-0.3, -0.25) is 10.1 Å². The molecule has 0 aliphatic carbocycles. The summed E-state index contributed by atoms with van der Waals surface area (Å²) in [4.78, 5) is 18.5. The minimum absolute atomic E-state index is 0.0138. The second-order valence-corrected chi connectivity index (χ2v) is 7.22. The molecule has 3 heterocycles. The molecule has 0 saturated carbocycles. The largest absolute Gasteiger partial charge is 0.353 e. The van der Waals surface area contributed by atoms with E-state index >= 15 is 0 Å². The Morgan fingerprint density at radius 2 is 2.07 bits per heavy atom. The Hall–Kier alpha value is -3.42. The molecule has 1 atom stereocenters. The molecular formula is C21H23FN6O. The van der Waals surface area contributed by atoms with Crippen LogP contribution in [0.1, 0.15) is 18.4 Å². The number of hydrogen-bond acceptors (Lipinski definition) is 4. The van der Waals surface area contributed by atoms with Gasteiger partial charge in [0.15, 0.2) is 5.82 Å². The van der Waals surface area contributed by atoms with Crippen LogP contribution in [0.3, 0.4) is 0 Å². The van der Waals surface area contributed by atoms with E-state index in [9.17, 15) is 9.18 Å². The van der Waals surface area contributed by atoms with Crippen molar-refractivity contribution in [1.82, 2.24) is 20.5 Å². The summed E-state index contributed by atoms with van der Waals surface area (Å²) in [5, 5.41) is 13.2. The molecule has 0 unspecified atom stereocenters. The first-order valence-electron chi connectivity index (χ1n) is 9.63. The lowest BCUT2D eigenvalue weighted by Gasteiger charge is -2.33. The number of amides is 2. The fourth-order valence-corrected chi connectivity index (χ4v) is 3.48. The van der Waals surface area contributed by atoms with Crippen molar-refractivity contribution < 1.29 is 9.18 Å². The Morgan fingerprint density at radius 1 is 1.24 bits per heavy atom. The van der Waals surface area contributed by atoms with Crippen LogP contribution >= 0.6 is 0 Å². The van der Waals surface area contributed by atoms with Gasteiger partial charge in [-0.2, -0.15) is 5.10 Å². The summed E-state index contributed by atoms with van der Waals surface area (Å²) < 4.78 is 13.7. The zero-order chi connectivity index (χ0) is 20.2. The molecule has 0 spiro atoms. The lowest BCUT2D eigenvalue weighted by Crippen LogP contribution is -2.49. The lowest BCUT2D eigenvalue weighted by molar-refractivity contribution is 0.246. The smallest absolute Gasteiger partial charge is 0.319 e. The summed E-state index contributed by atoms with van der Waals surface area (Å²) in [5.41, 5.74) is 2.93. The molecule has 29 heavy (non-hydrogen) atoms. The maximum absolute atomic E-state index is 13.7. The highest BCUT2D eigenvalue weighted by molar-refractivity contribution is 5.89. The van der Waals surface area contributed by atoms with Crippen LogP contribution in [0, 0.1) is 12.7 Å². The van der Waals surface area contributed by atoms with Gasteiger partial charge in [-0.15, -0.1) is 0 Å². The number of piperidine rings is 1. The monoisotopic (exact) mass is 394 g/mol. The van der Waals surface area contributed by atoms with Crippen LogP contribution < -0.4 is 15.5 Å². The van der Waals surface area contributed by atoms with Gasteiger partial charge in [0, 0.05) is 48.8 Å². The van der Waals surface area contributed by atoms with Crippen LogP contribution in [-0.4, -0.2) is 40.3 Å². The fraction of sp³-hybridized carbons (Fsp3) is 0.286. The molecule has 0 bridgehead atoms. The number of pyridine rings is 1. The maximum Gasteiger partial charge on any atom is 0.319 e. The number of nitrogens with one attached hydrogen (secondary N) is 3. The van der Waals surface area contributed by atoms with Gasteiger partial charge < -0.3 is 15.5 Å². The maximum atomic E-state index is 13.7. The summed E-state index contributed by atoms with van der Waals surface area (Å²) in [5.74, 6) is 0.513. The molecule has 2 amide bonds. The molecular weight excluding hydrogens is 371 g/mol. The van der Waals surface area contributed by atoms with Crippen molar-refractivity contribution in [3.63, 3.8) is 0 Å². The van der Waals surface area contributed by atoms with Gasteiger partial charge >= 0.3 is 6.03 Å². The third-order valence-corrected chi connectivity index (χ3v) is 5.07. The van der Waals surface area contributed by atoms with E-state index in [2.05, 4.69) is 30.7 Å². The predicted octanol–water partition coefficient (Wildman–Crippen LogP) is 3.71. The molecule has 4 rings (SSSR count). The van der Waals surface area contributed by atoms with Crippen LogP contribution in [-0.2, 0) is 0 Å². The number of aryl methyl sites for hydroxylation is 1. The van der Waals surface area contributed by atoms with Crippen LogP contribution in [0.2, 0.25) is 0 Å². The highest BCUT2D eigenvalue weighted by Gasteiger charge is 2.23. The number of urea groups is 1. The number of rotatable bonds is 4. The van der Waals surface area contributed by atoms with Gasteiger partial charge in [-0.25, -0.2) is 9.18 Å². The van der Waals surface area contributed by atoms with Crippen molar-refractivity contribution in [3.05, 3.63) is 60.2 Å². The molecule has 1 aliphatic rings. The van der Waals surface area contributed by atoms with Gasteiger partial charge in [0.2, 0.25) is 0 Å². The normalized spacial score (nSPS) is 16.5. The summed E-state index contributed by atoms with van der Waals surface area (Å²) in [6.07, 6.45) is 5.32. The zero-order valence-electron chi connectivity index (χ0n) is 16.2. The van der Waals surface area contributed by atoms with Crippen molar-refractivity contribution in [1.29, 1.82) is 0 Å². The lowest BCUT2D eigenvalue weighted by atomic mass is 10.1. The zero-order valence-corrected chi connectivity index (χ0v) is 16.2. The summed E-state index contributed by atoms with van der Waals surface area (Å²) >= 11 is 0. The predicted molar refractivity (Wildman–Crippen MR) is 110 cm³/mol. The quantitative estimate of drug-likeness (QED) is 0.630. The van der Waals surface area contributed by atoms with Crippen LogP contribution in [0.5, 0.6) is 0 Å². The Bertz CT molecular complexity index is 990. The number of anilines is 2. The molecule has 1 aliphatic heterocycles. The molecule has 1 saturated heterocycles. The van der Waals surface area contributed by atoms with Crippen molar-refractivity contribution in [2.75, 3.05) is 23.3 Å². The summed E-state index contributed by atoms with van der Waals surface area (Å²) in [6, 6.07) is 10.2. The summed E-state index contributed by atoms with van der Waals surface area (Å²) in [7, 11) is 0. The van der Waals surface area contributed by atoms with E-state index in [1.54, 1.807) is 31.5 Å². The third-order valence-electron chi connectivity index (χ3n) is 5.07. The second-order valence-electron chi connectivity index (χ2n) is 7.22. The van der Waals surface area contributed by atoms with E-state index < -0.39 is 0 Å². The summed E-state index contributed by atoms with van der Waals surface area (Å²) in [6.45, 7) is 3.23. The molecule has 3 N–H and O–H groups in total. The number of carbonyl (C=O) groups is 1. The molecule has 3 aromatic rings. The van der Waals surface area contributed by atoms with Crippen molar-refractivity contribution in [2.45, 2.75) is 25.8 Å². The average molecular weight is 394 g/mol. The van der Waals surface area contributed by atoms with E-state index in [0.717, 1.165) is 36.5 Å². The highest BCUT2D eigenvalue weighted by Crippen LogP contribution is 2.24. The molecule has 1 aromatic carbocycles. The van der Waals surface area contributed by atoms with E-state index in [-0.39, 0.29) is 17.9 Å². The number of aromatic amines is 1. The first kappa shape index (κ1) is 18.9. The van der Waals surface area contributed by atoms with Gasteiger partial charge in [0.1, 0.15) is 5.82 Å². The number of H-pyrrole nitrogens is 1. The van der Waals surface area contributed by atoms with E-state index in [0.29, 0.717) is 17.8 Å². The molecule has 0 radical (unpaired) electrons. The highest BCUT2D eigenvalue weighted by atomic mass is 19.1. The number of aromatic nitrogens is 3. The molecule has 2 aromatic heterocycles. The van der Waals surface area contributed by atoms with E-state index in [1.165, 1.54) is 6.07 Å². The number of halogens is 1. The number of nitrogens with zero attached hydrogens (tertiary/aromatic N) is 3. The fourth-order valence-electron chi connectivity index (χ4n) is 3.48. The first-order chi connectivity index (χ1) is 14.1. The molecule has 1 fully saturated rings. The van der Waals surface area contributed by atoms with Crippen molar-refractivity contribution >= 4 is 17.5 Å². The van der Waals surface area contributed by atoms with Gasteiger partial charge in [0.25, 0.3) is 0 Å². The van der Waals surface area contributed by atoms with E-state index in [1.807, 2.05) is 18.2 Å². The van der Waals surface area contributed by atoms with Gasteiger partial charge in [-0.05, 0) is 49.6 Å². The van der Waals surface area contributed by atoms with Crippen LogP contribution in [0.4, 0.5) is 20.7 Å².